The molecule has 0 heterocycles. The highest BCUT2D eigenvalue weighted by Crippen LogP contribution is 2.27. The number of aliphatic hydroxyl groups is 1. The van der Waals surface area contributed by atoms with Crippen molar-refractivity contribution in [1.82, 2.24) is 0 Å². The van der Waals surface area contributed by atoms with E-state index in [1.165, 1.54) is 12.1 Å². The Hall–Kier alpha value is -1.26. The van der Waals surface area contributed by atoms with Crippen molar-refractivity contribution in [2.45, 2.75) is 12.5 Å². The Morgan fingerprint density at radius 1 is 1.23 bits per heavy atom. The number of hydrogen-bond acceptors (Lipinski definition) is 4. The van der Waals surface area contributed by atoms with E-state index in [2.05, 4.69) is 0 Å². The Labute approximate surface area is 76.2 Å². The van der Waals surface area contributed by atoms with Gasteiger partial charge in [-0.25, -0.2) is 0 Å². The quantitative estimate of drug-likeness (QED) is 0.513. The van der Waals surface area contributed by atoms with Crippen LogP contribution in [0.2, 0.25) is 0 Å². The van der Waals surface area contributed by atoms with Crippen LogP contribution >= 0.6 is 0 Å². The first-order valence-corrected chi connectivity index (χ1v) is 4.03. The minimum absolute atomic E-state index is 0.00278. The second-order valence-corrected chi connectivity index (χ2v) is 2.87. The Bertz CT molecular complexity index is 288. The number of phenolic OH excluding ortho intramolecular Hbond substituents is 2. The molecule has 0 saturated heterocycles. The number of benzene rings is 1. The van der Waals surface area contributed by atoms with E-state index in [9.17, 15) is 0 Å². The van der Waals surface area contributed by atoms with E-state index in [0.29, 0.717) is 12.0 Å². The standard InChI is InChI=1S/C9H13NO3/c10-7(3-4-11)6-1-2-8(12)9(13)5-6/h1-2,5,7,11-13H,3-4,10H2. The van der Waals surface area contributed by atoms with Crippen molar-refractivity contribution in [3.8, 4) is 11.5 Å². The van der Waals surface area contributed by atoms with Crippen molar-refractivity contribution < 1.29 is 15.3 Å². The van der Waals surface area contributed by atoms with Gasteiger partial charge in [-0.3, -0.25) is 0 Å². The van der Waals surface area contributed by atoms with Gasteiger partial charge in [0.1, 0.15) is 0 Å². The highest BCUT2D eigenvalue weighted by Gasteiger charge is 2.07. The van der Waals surface area contributed by atoms with Gasteiger partial charge in [-0.1, -0.05) is 6.07 Å². The largest absolute Gasteiger partial charge is 0.504 e. The van der Waals surface area contributed by atoms with Gasteiger partial charge in [0, 0.05) is 12.6 Å². The molecular weight excluding hydrogens is 170 g/mol. The number of nitrogens with two attached hydrogens (primary N) is 1. The van der Waals surface area contributed by atoms with Crippen molar-refractivity contribution >= 4 is 0 Å². The summed E-state index contributed by atoms with van der Waals surface area (Å²) >= 11 is 0. The molecule has 0 spiro atoms. The lowest BCUT2D eigenvalue weighted by molar-refractivity contribution is 0.276. The summed E-state index contributed by atoms with van der Waals surface area (Å²) in [5, 5.41) is 26.8. The van der Waals surface area contributed by atoms with Crippen LogP contribution in [0.5, 0.6) is 11.5 Å². The SMILES string of the molecule is NC(CCO)c1ccc(O)c(O)c1. The average Bonchev–Trinajstić information content (AvgIpc) is 2.10. The van der Waals surface area contributed by atoms with Gasteiger partial charge < -0.3 is 21.1 Å². The first-order chi connectivity index (χ1) is 6.15. The molecule has 0 aromatic heterocycles. The molecule has 0 saturated carbocycles. The minimum Gasteiger partial charge on any atom is -0.504 e. The van der Waals surface area contributed by atoms with Gasteiger partial charge in [0.2, 0.25) is 0 Å². The molecule has 0 aliphatic carbocycles. The summed E-state index contributed by atoms with van der Waals surface area (Å²) in [5.41, 5.74) is 6.37. The maximum absolute atomic E-state index is 9.15. The van der Waals surface area contributed by atoms with E-state index >= 15 is 0 Å². The van der Waals surface area contributed by atoms with Gasteiger partial charge in [-0.05, 0) is 24.1 Å². The zero-order valence-electron chi connectivity index (χ0n) is 7.14. The number of rotatable bonds is 3. The summed E-state index contributed by atoms with van der Waals surface area (Å²) in [7, 11) is 0. The zero-order chi connectivity index (χ0) is 9.84. The maximum Gasteiger partial charge on any atom is 0.157 e. The van der Waals surface area contributed by atoms with Crippen LogP contribution in [0.15, 0.2) is 18.2 Å². The molecule has 1 aromatic carbocycles. The Morgan fingerprint density at radius 3 is 2.46 bits per heavy atom. The molecule has 0 bridgehead atoms. The fourth-order valence-electron chi connectivity index (χ4n) is 1.08. The van der Waals surface area contributed by atoms with Crippen LogP contribution in [0.3, 0.4) is 0 Å². The monoisotopic (exact) mass is 183 g/mol. The molecule has 4 nitrogen and oxygen atoms in total. The molecule has 1 unspecified atom stereocenters. The van der Waals surface area contributed by atoms with Gasteiger partial charge in [0.05, 0.1) is 0 Å². The number of phenols is 2. The van der Waals surface area contributed by atoms with Crippen LogP contribution in [-0.4, -0.2) is 21.9 Å². The number of aliphatic hydroxyl groups excluding tert-OH is 1. The predicted octanol–water partition coefficient (Wildman–Crippen LogP) is 0.480. The van der Waals surface area contributed by atoms with Crippen LogP contribution in [0, 0.1) is 0 Å². The van der Waals surface area contributed by atoms with Gasteiger partial charge in [-0.15, -0.1) is 0 Å². The summed E-state index contributed by atoms with van der Waals surface area (Å²) in [6, 6.07) is 4.09. The lowest BCUT2D eigenvalue weighted by atomic mass is 10.0. The fraction of sp³-hybridized carbons (Fsp3) is 0.333. The molecule has 0 aliphatic heterocycles. The highest BCUT2D eigenvalue weighted by molar-refractivity contribution is 5.41. The third-order valence-electron chi connectivity index (χ3n) is 1.87. The molecule has 72 valence electrons. The van der Waals surface area contributed by atoms with E-state index in [4.69, 9.17) is 21.1 Å². The van der Waals surface area contributed by atoms with Gasteiger partial charge in [0.25, 0.3) is 0 Å². The van der Waals surface area contributed by atoms with Gasteiger partial charge in [-0.2, -0.15) is 0 Å². The molecular formula is C9H13NO3. The van der Waals surface area contributed by atoms with Crippen LogP contribution in [0.1, 0.15) is 18.0 Å². The maximum atomic E-state index is 9.15. The summed E-state index contributed by atoms with van der Waals surface area (Å²) < 4.78 is 0. The minimum atomic E-state index is -0.309. The van der Waals surface area contributed by atoms with Crippen LogP contribution in [-0.2, 0) is 0 Å². The molecule has 5 N–H and O–H groups in total. The van der Waals surface area contributed by atoms with Crippen molar-refractivity contribution in [2.75, 3.05) is 6.61 Å². The van der Waals surface area contributed by atoms with Crippen molar-refractivity contribution in [1.29, 1.82) is 0 Å². The van der Waals surface area contributed by atoms with E-state index in [-0.39, 0.29) is 24.1 Å². The average molecular weight is 183 g/mol. The highest BCUT2D eigenvalue weighted by atomic mass is 16.3. The summed E-state index contributed by atoms with van der Waals surface area (Å²) in [6.45, 7) is 0.00278. The third-order valence-corrected chi connectivity index (χ3v) is 1.87. The second kappa shape index (κ2) is 4.11. The molecule has 0 aliphatic rings. The van der Waals surface area contributed by atoms with Crippen LogP contribution in [0.4, 0.5) is 0 Å². The lowest BCUT2D eigenvalue weighted by Crippen LogP contribution is -2.11. The summed E-state index contributed by atoms with van der Waals surface area (Å²) in [6.07, 6.45) is 0.435. The Kier molecular flexibility index (Phi) is 3.11. The van der Waals surface area contributed by atoms with Crippen molar-refractivity contribution in [3.63, 3.8) is 0 Å². The second-order valence-electron chi connectivity index (χ2n) is 2.87. The molecule has 1 atom stereocenters. The molecule has 1 aromatic rings. The molecule has 0 fully saturated rings. The summed E-state index contributed by atoms with van der Waals surface area (Å²) in [5.74, 6) is -0.356. The fourth-order valence-corrected chi connectivity index (χ4v) is 1.08. The van der Waals surface area contributed by atoms with E-state index < -0.39 is 0 Å². The smallest absolute Gasteiger partial charge is 0.157 e. The van der Waals surface area contributed by atoms with E-state index in [0.717, 1.165) is 0 Å². The Morgan fingerprint density at radius 2 is 1.92 bits per heavy atom. The molecule has 0 amide bonds. The van der Waals surface area contributed by atoms with Gasteiger partial charge in [0.15, 0.2) is 11.5 Å². The van der Waals surface area contributed by atoms with Gasteiger partial charge >= 0.3 is 0 Å². The van der Waals surface area contributed by atoms with Crippen molar-refractivity contribution in [2.24, 2.45) is 5.73 Å². The van der Waals surface area contributed by atoms with E-state index in [1.54, 1.807) is 6.07 Å². The van der Waals surface area contributed by atoms with Crippen LogP contribution in [0.25, 0.3) is 0 Å². The Balaban J connectivity index is 2.84. The molecule has 4 heteroatoms. The van der Waals surface area contributed by atoms with E-state index in [1.807, 2.05) is 0 Å². The third kappa shape index (κ3) is 2.34. The van der Waals surface area contributed by atoms with Crippen LogP contribution < -0.4 is 5.73 Å². The molecule has 13 heavy (non-hydrogen) atoms. The first-order valence-electron chi connectivity index (χ1n) is 4.03. The number of hydrogen-bond donors (Lipinski definition) is 4. The summed E-state index contributed by atoms with van der Waals surface area (Å²) in [4.78, 5) is 0. The molecule has 0 radical (unpaired) electrons. The topological polar surface area (TPSA) is 86.7 Å². The normalized spacial score (nSPS) is 12.8. The molecule has 1 rings (SSSR count). The predicted molar refractivity (Wildman–Crippen MR) is 48.4 cm³/mol. The zero-order valence-corrected chi connectivity index (χ0v) is 7.14. The number of aromatic hydroxyl groups is 2. The lowest BCUT2D eigenvalue weighted by Gasteiger charge is -2.10. The van der Waals surface area contributed by atoms with Crippen molar-refractivity contribution in [3.05, 3.63) is 23.8 Å². The first kappa shape index (κ1) is 9.83.